The molecule has 2 rings (SSSR count). The molecule has 0 amide bonds. The molecule has 1 atom stereocenters. The van der Waals surface area contributed by atoms with Gasteiger partial charge in [0.1, 0.15) is 0 Å². The van der Waals surface area contributed by atoms with Crippen LogP contribution in [-0.2, 0) is 11.2 Å². The third kappa shape index (κ3) is 3.57. The number of aromatic nitrogens is 2. The van der Waals surface area contributed by atoms with Crippen molar-refractivity contribution in [3.63, 3.8) is 0 Å². The van der Waals surface area contributed by atoms with Gasteiger partial charge in [-0.25, -0.2) is 0 Å². The van der Waals surface area contributed by atoms with Crippen molar-refractivity contribution in [3.8, 4) is 0 Å². The molecular formula is C15H26N2O2. The molecule has 19 heavy (non-hydrogen) atoms. The van der Waals surface area contributed by atoms with Crippen LogP contribution in [0.3, 0.4) is 0 Å². The highest BCUT2D eigenvalue weighted by Crippen LogP contribution is 2.29. The Labute approximate surface area is 115 Å². The summed E-state index contributed by atoms with van der Waals surface area (Å²) in [7, 11) is 0. The first kappa shape index (κ1) is 14.5. The average Bonchev–Trinajstić information content (AvgIpc) is 2.97. The molecule has 1 aromatic heterocycles. The third-order valence-corrected chi connectivity index (χ3v) is 4.08. The van der Waals surface area contributed by atoms with Crippen LogP contribution < -0.4 is 0 Å². The van der Waals surface area contributed by atoms with Crippen molar-refractivity contribution in [2.24, 2.45) is 0 Å². The number of aliphatic hydroxyl groups is 1. The molecule has 1 aliphatic carbocycles. The zero-order valence-electron chi connectivity index (χ0n) is 12.3. The molecule has 1 aliphatic rings. The van der Waals surface area contributed by atoms with Gasteiger partial charge in [0.05, 0.1) is 23.4 Å². The molecule has 0 saturated heterocycles. The Bertz CT molecular complexity index is 395. The Morgan fingerprint density at radius 3 is 2.79 bits per heavy atom. The monoisotopic (exact) mass is 266 g/mol. The summed E-state index contributed by atoms with van der Waals surface area (Å²) in [6.45, 7) is 6.41. The molecule has 1 N–H and O–H groups in total. The van der Waals surface area contributed by atoms with Crippen molar-refractivity contribution >= 4 is 0 Å². The minimum atomic E-state index is -0.528. The summed E-state index contributed by atoms with van der Waals surface area (Å²) >= 11 is 0. The Kier molecular flexibility index (Phi) is 4.63. The van der Waals surface area contributed by atoms with E-state index in [9.17, 15) is 5.11 Å². The summed E-state index contributed by atoms with van der Waals surface area (Å²) in [5.74, 6) is 0. The molecule has 4 nitrogen and oxygen atoms in total. The molecular weight excluding hydrogens is 240 g/mol. The fraction of sp³-hybridized carbons (Fsp3) is 0.800. The first-order valence-corrected chi connectivity index (χ1v) is 7.39. The second-order valence-corrected chi connectivity index (χ2v) is 5.98. The van der Waals surface area contributed by atoms with E-state index in [0.29, 0.717) is 19.1 Å². The minimum Gasteiger partial charge on any atom is -0.390 e. The fourth-order valence-electron chi connectivity index (χ4n) is 2.77. The van der Waals surface area contributed by atoms with Crippen LogP contribution in [0.25, 0.3) is 0 Å². The summed E-state index contributed by atoms with van der Waals surface area (Å²) in [5, 5.41) is 14.9. The molecule has 0 aromatic carbocycles. The third-order valence-electron chi connectivity index (χ3n) is 4.08. The Morgan fingerprint density at radius 2 is 2.16 bits per heavy atom. The first-order chi connectivity index (χ1) is 9.03. The van der Waals surface area contributed by atoms with Crippen LogP contribution in [0.2, 0.25) is 0 Å². The highest BCUT2D eigenvalue weighted by molar-refractivity contribution is 5.03. The molecule has 1 aromatic rings. The lowest BCUT2D eigenvalue weighted by atomic mass is 9.97. The molecule has 1 unspecified atom stereocenters. The maximum atomic E-state index is 10.3. The molecule has 0 radical (unpaired) electrons. The molecule has 108 valence electrons. The van der Waals surface area contributed by atoms with Crippen LogP contribution in [0.1, 0.15) is 58.2 Å². The van der Waals surface area contributed by atoms with Gasteiger partial charge >= 0.3 is 0 Å². The number of rotatable bonds is 6. The number of nitrogens with zero attached hydrogens (tertiary/aromatic N) is 2. The molecule has 1 fully saturated rings. The van der Waals surface area contributed by atoms with Gasteiger partial charge in [0, 0.05) is 19.2 Å². The zero-order chi connectivity index (χ0) is 13.9. The minimum absolute atomic E-state index is 0.522. The van der Waals surface area contributed by atoms with E-state index in [2.05, 4.69) is 9.78 Å². The predicted molar refractivity (Wildman–Crippen MR) is 75.1 cm³/mol. The Hall–Kier alpha value is -0.870. The highest BCUT2D eigenvalue weighted by Gasteiger charge is 2.29. The highest BCUT2D eigenvalue weighted by atomic mass is 16.5. The van der Waals surface area contributed by atoms with Crippen LogP contribution in [0, 0.1) is 0 Å². The molecule has 4 heteroatoms. The van der Waals surface area contributed by atoms with Gasteiger partial charge in [0.15, 0.2) is 0 Å². The molecule has 0 spiro atoms. The number of aliphatic hydroxyl groups excluding tert-OH is 1. The summed E-state index contributed by atoms with van der Waals surface area (Å²) in [5.41, 5.74) is 0.429. The van der Waals surface area contributed by atoms with Crippen molar-refractivity contribution in [1.82, 2.24) is 9.78 Å². The van der Waals surface area contributed by atoms with Crippen LogP contribution >= 0.6 is 0 Å². The van der Waals surface area contributed by atoms with Crippen molar-refractivity contribution in [2.45, 2.75) is 70.6 Å². The van der Waals surface area contributed by atoms with Gasteiger partial charge < -0.3 is 9.84 Å². The van der Waals surface area contributed by atoms with Gasteiger partial charge in [-0.05, 0) is 39.7 Å². The van der Waals surface area contributed by atoms with Crippen molar-refractivity contribution in [1.29, 1.82) is 0 Å². The number of ether oxygens (including phenoxy) is 1. The van der Waals surface area contributed by atoms with E-state index in [1.165, 1.54) is 25.7 Å². The predicted octanol–water partition coefficient (Wildman–Crippen LogP) is 2.72. The maximum Gasteiger partial charge on any atom is 0.0887 e. The quantitative estimate of drug-likeness (QED) is 0.861. The van der Waals surface area contributed by atoms with E-state index in [1.807, 2.05) is 33.0 Å². The van der Waals surface area contributed by atoms with Gasteiger partial charge in [-0.15, -0.1) is 0 Å². The normalized spacial score (nSPS) is 18.9. The van der Waals surface area contributed by atoms with Crippen molar-refractivity contribution in [2.75, 3.05) is 6.61 Å². The lowest BCUT2D eigenvalue weighted by Gasteiger charge is -2.29. The standard InChI is InChI=1S/C15H26N2O2/c1-4-19-15(2,3)14(18)11-12-9-10-17(16-12)13-7-5-6-8-13/h9-10,13-14,18H,4-8,11H2,1-3H3. The van der Waals surface area contributed by atoms with Crippen molar-refractivity contribution in [3.05, 3.63) is 18.0 Å². The van der Waals surface area contributed by atoms with Gasteiger partial charge in [-0.3, -0.25) is 4.68 Å². The number of hydrogen-bond donors (Lipinski definition) is 1. The van der Waals surface area contributed by atoms with Gasteiger partial charge in [-0.2, -0.15) is 5.10 Å². The van der Waals surface area contributed by atoms with E-state index < -0.39 is 11.7 Å². The Balaban J connectivity index is 1.95. The van der Waals surface area contributed by atoms with Crippen LogP contribution in [-0.4, -0.2) is 33.2 Å². The Morgan fingerprint density at radius 1 is 1.47 bits per heavy atom. The van der Waals surface area contributed by atoms with Crippen molar-refractivity contribution < 1.29 is 9.84 Å². The van der Waals surface area contributed by atoms with Gasteiger partial charge in [0.2, 0.25) is 0 Å². The lowest BCUT2D eigenvalue weighted by molar-refractivity contribution is -0.0958. The topological polar surface area (TPSA) is 47.3 Å². The smallest absolute Gasteiger partial charge is 0.0887 e. The number of hydrogen-bond acceptors (Lipinski definition) is 3. The lowest BCUT2D eigenvalue weighted by Crippen LogP contribution is -2.40. The fourth-order valence-corrected chi connectivity index (χ4v) is 2.77. The summed E-state index contributed by atoms with van der Waals surface area (Å²) in [6, 6.07) is 2.58. The molecule has 0 bridgehead atoms. The van der Waals surface area contributed by atoms with Gasteiger partial charge in [-0.1, -0.05) is 12.8 Å². The largest absolute Gasteiger partial charge is 0.390 e. The van der Waals surface area contributed by atoms with Gasteiger partial charge in [0.25, 0.3) is 0 Å². The van der Waals surface area contributed by atoms with E-state index in [0.717, 1.165) is 5.69 Å². The average molecular weight is 266 g/mol. The van der Waals surface area contributed by atoms with E-state index >= 15 is 0 Å². The second kappa shape index (κ2) is 6.06. The summed E-state index contributed by atoms with van der Waals surface area (Å²) < 4.78 is 7.66. The molecule has 0 aliphatic heterocycles. The second-order valence-electron chi connectivity index (χ2n) is 5.98. The maximum absolute atomic E-state index is 10.3. The van der Waals surface area contributed by atoms with E-state index in [1.54, 1.807) is 0 Å². The zero-order valence-corrected chi connectivity index (χ0v) is 12.3. The molecule has 1 saturated carbocycles. The van der Waals surface area contributed by atoms with E-state index in [-0.39, 0.29) is 0 Å². The summed E-state index contributed by atoms with van der Waals surface area (Å²) in [4.78, 5) is 0. The first-order valence-electron chi connectivity index (χ1n) is 7.39. The SMILES string of the molecule is CCOC(C)(C)C(O)Cc1ccn(C2CCCC2)n1. The molecule has 1 heterocycles. The van der Waals surface area contributed by atoms with Crippen LogP contribution in [0.4, 0.5) is 0 Å². The van der Waals surface area contributed by atoms with E-state index in [4.69, 9.17) is 4.74 Å². The van der Waals surface area contributed by atoms with Crippen LogP contribution in [0.5, 0.6) is 0 Å². The summed E-state index contributed by atoms with van der Waals surface area (Å²) in [6.07, 6.45) is 7.14. The van der Waals surface area contributed by atoms with Crippen LogP contribution in [0.15, 0.2) is 12.3 Å².